The van der Waals surface area contributed by atoms with Crippen molar-refractivity contribution in [3.63, 3.8) is 0 Å². The second-order valence-corrected chi connectivity index (χ2v) is 3.46. The molecular weight excluding hydrogens is 150 g/mol. The first kappa shape index (κ1) is 11.9. The lowest BCUT2D eigenvalue weighted by Gasteiger charge is -2.22. The molecule has 2 N–H and O–H groups in total. The molecule has 1 atom stereocenters. The van der Waals surface area contributed by atoms with E-state index >= 15 is 0 Å². The quantitative estimate of drug-likeness (QED) is 0.640. The standard InChI is InChI=1S/C10H23NO/c1-4-6-9(7-5-2)10(11)8-12-3/h9-10H,4-8,11H2,1-3H3. The number of nitrogens with two attached hydrogens (primary N) is 1. The van der Waals surface area contributed by atoms with Crippen molar-refractivity contribution < 1.29 is 4.74 Å². The van der Waals surface area contributed by atoms with E-state index in [9.17, 15) is 0 Å². The van der Waals surface area contributed by atoms with Crippen LogP contribution in [-0.4, -0.2) is 19.8 Å². The molecule has 1 unspecified atom stereocenters. The molecule has 0 fully saturated rings. The van der Waals surface area contributed by atoms with Crippen LogP contribution in [0.15, 0.2) is 0 Å². The van der Waals surface area contributed by atoms with Gasteiger partial charge in [-0.05, 0) is 18.8 Å². The van der Waals surface area contributed by atoms with Crippen LogP contribution in [0.4, 0.5) is 0 Å². The van der Waals surface area contributed by atoms with Gasteiger partial charge >= 0.3 is 0 Å². The predicted molar refractivity (Wildman–Crippen MR) is 53.2 cm³/mol. The molecule has 2 nitrogen and oxygen atoms in total. The number of ether oxygens (including phenoxy) is 1. The molecule has 0 aliphatic rings. The first-order chi connectivity index (χ1) is 5.76. The van der Waals surface area contributed by atoms with Gasteiger partial charge in [-0.3, -0.25) is 0 Å². The molecule has 0 amide bonds. The summed E-state index contributed by atoms with van der Waals surface area (Å²) in [6, 6.07) is 0.231. The average molecular weight is 173 g/mol. The number of hydrogen-bond donors (Lipinski definition) is 1. The zero-order valence-electron chi connectivity index (χ0n) is 8.68. The third-order valence-electron chi connectivity index (χ3n) is 2.28. The molecule has 2 heteroatoms. The van der Waals surface area contributed by atoms with Crippen LogP contribution in [0.2, 0.25) is 0 Å². The van der Waals surface area contributed by atoms with Crippen LogP contribution in [0, 0.1) is 5.92 Å². The van der Waals surface area contributed by atoms with E-state index in [4.69, 9.17) is 10.5 Å². The highest BCUT2D eigenvalue weighted by atomic mass is 16.5. The predicted octanol–water partition coefficient (Wildman–Crippen LogP) is 2.18. The van der Waals surface area contributed by atoms with Gasteiger partial charge in [0, 0.05) is 13.2 Å². The first-order valence-electron chi connectivity index (χ1n) is 5.00. The average Bonchev–Trinajstić information content (AvgIpc) is 2.04. The number of hydrogen-bond acceptors (Lipinski definition) is 2. The normalized spacial score (nSPS) is 13.8. The lowest BCUT2D eigenvalue weighted by atomic mass is 9.91. The fourth-order valence-electron chi connectivity index (χ4n) is 1.64. The minimum absolute atomic E-state index is 0.231. The van der Waals surface area contributed by atoms with Crippen LogP contribution < -0.4 is 5.73 Å². The Balaban J connectivity index is 3.72. The van der Waals surface area contributed by atoms with Gasteiger partial charge < -0.3 is 10.5 Å². The molecule has 0 aromatic carbocycles. The van der Waals surface area contributed by atoms with E-state index in [1.807, 2.05) is 0 Å². The van der Waals surface area contributed by atoms with Gasteiger partial charge in [-0.2, -0.15) is 0 Å². The molecule has 0 spiro atoms. The monoisotopic (exact) mass is 173 g/mol. The zero-order valence-corrected chi connectivity index (χ0v) is 8.68. The maximum Gasteiger partial charge on any atom is 0.0616 e. The molecule has 0 aliphatic carbocycles. The smallest absolute Gasteiger partial charge is 0.0616 e. The van der Waals surface area contributed by atoms with E-state index in [-0.39, 0.29) is 6.04 Å². The molecule has 0 bridgehead atoms. The molecule has 0 saturated heterocycles. The largest absolute Gasteiger partial charge is 0.383 e. The van der Waals surface area contributed by atoms with Gasteiger partial charge in [0.2, 0.25) is 0 Å². The topological polar surface area (TPSA) is 35.2 Å². The summed E-state index contributed by atoms with van der Waals surface area (Å²) in [5.74, 6) is 0.653. The van der Waals surface area contributed by atoms with E-state index in [0.29, 0.717) is 12.5 Å². The summed E-state index contributed by atoms with van der Waals surface area (Å²) in [6.07, 6.45) is 4.92. The SMILES string of the molecule is CCCC(CCC)C(N)COC. The van der Waals surface area contributed by atoms with E-state index < -0.39 is 0 Å². The van der Waals surface area contributed by atoms with Crippen LogP contribution in [0.3, 0.4) is 0 Å². The molecule has 0 heterocycles. The highest BCUT2D eigenvalue weighted by Gasteiger charge is 2.15. The van der Waals surface area contributed by atoms with Crippen molar-refractivity contribution in [3.8, 4) is 0 Å². The summed E-state index contributed by atoms with van der Waals surface area (Å²) < 4.78 is 5.05. The van der Waals surface area contributed by atoms with Gasteiger partial charge in [0.1, 0.15) is 0 Å². The lowest BCUT2D eigenvalue weighted by molar-refractivity contribution is 0.151. The third kappa shape index (κ3) is 4.73. The Morgan fingerprint density at radius 3 is 2.00 bits per heavy atom. The van der Waals surface area contributed by atoms with Crippen molar-refractivity contribution in [1.29, 1.82) is 0 Å². The number of rotatable bonds is 7. The Kier molecular flexibility index (Phi) is 7.51. The fraction of sp³-hybridized carbons (Fsp3) is 1.00. The Morgan fingerprint density at radius 1 is 1.17 bits per heavy atom. The summed E-state index contributed by atoms with van der Waals surface area (Å²) >= 11 is 0. The Hall–Kier alpha value is -0.0800. The third-order valence-corrected chi connectivity index (χ3v) is 2.28. The molecule has 74 valence electrons. The van der Waals surface area contributed by atoms with E-state index in [2.05, 4.69) is 13.8 Å². The molecule has 0 rings (SSSR count). The van der Waals surface area contributed by atoms with Crippen molar-refractivity contribution in [3.05, 3.63) is 0 Å². The maximum atomic E-state index is 5.98. The molecule has 0 aliphatic heterocycles. The molecule has 12 heavy (non-hydrogen) atoms. The summed E-state index contributed by atoms with van der Waals surface area (Å²) in [4.78, 5) is 0. The minimum Gasteiger partial charge on any atom is -0.383 e. The number of methoxy groups -OCH3 is 1. The molecular formula is C10H23NO. The summed E-state index contributed by atoms with van der Waals surface area (Å²) in [7, 11) is 1.72. The molecule has 0 aromatic rings. The van der Waals surface area contributed by atoms with Gasteiger partial charge in [-0.15, -0.1) is 0 Å². The van der Waals surface area contributed by atoms with Crippen LogP contribution >= 0.6 is 0 Å². The van der Waals surface area contributed by atoms with Crippen molar-refractivity contribution >= 4 is 0 Å². The van der Waals surface area contributed by atoms with E-state index in [1.165, 1.54) is 25.7 Å². The maximum absolute atomic E-state index is 5.98. The van der Waals surface area contributed by atoms with Gasteiger partial charge in [0.25, 0.3) is 0 Å². The second kappa shape index (κ2) is 7.56. The van der Waals surface area contributed by atoms with E-state index in [1.54, 1.807) is 7.11 Å². The minimum atomic E-state index is 0.231. The first-order valence-corrected chi connectivity index (χ1v) is 5.00. The van der Waals surface area contributed by atoms with Crippen molar-refractivity contribution in [2.75, 3.05) is 13.7 Å². The van der Waals surface area contributed by atoms with Crippen LogP contribution in [-0.2, 0) is 4.74 Å². The van der Waals surface area contributed by atoms with Crippen molar-refractivity contribution in [2.24, 2.45) is 11.7 Å². The van der Waals surface area contributed by atoms with Crippen molar-refractivity contribution in [2.45, 2.75) is 45.6 Å². The highest BCUT2D eigenvalue weighted by Crippen LogP contribution is 2.16. The molecule has 0 saturated carbocycles. The van der Waals surface area contributed by atoms with Gasteiger partial charge in [0.15, 0.2) is 0 Å². The van der Waals surface area contributed by atoms with Gasteiger partial charge in [-0.25, -0.2) is 0 Å². The lowest BCUT2D eigenvalue weighted by Crippen LogP contribution is -2.34. The zero-order chi connectivity index (χ0) is 9.40. The highest BCUT2D eigenvalue weighted by molar-refractivity contribution is 4.71. The summed E-state index contributed by atoms with van der Waals surface area (Å²) in [5, 5.41) is 0. The Bertz CT molecular complexity index is 89.8. The fourth-order valence-corrected chi connectivity index (χ4v) is 1.64. The van der Waals surface area contributed by atoms with Gasteiger partial charge in [-0.1, -0.05) is 26.7 Å². The molecule has 0 aromatic heterocycles. The van der Waals surface area contributed by atoms with Crippen LogP contribution in [0.1, 0.15) is 39.5 Å². The second-order valence-electron chi connectivity index (χ2n) is 3.46. The van der Waals surface area contributed by atoms with Crippen LogP contribution in [0.5, 0.6) is 0 Å². The Morgan fingerprint density at radius 2 is 1.67 bits per heavy atom. The summed E-state index contributed by atoms with van der Waals surface area (Å²) in [6.45, 7) is 5.12. The Labute approximate surface area is 76.5 Å². The van der Waals surface area contributed by atoms with Crippen LogP contribution in [0.25, 0.3) is 0 Å². The van der Waals surface area contributed by atoms with Gasteiger partial charge in [0.05, 0.1) is 6.61 Å². The summed E-state index contributed by atoms with van der Waals surface area (Å²) in [5.41, 5.74) is 5.98. The molecule has 0 radical (unpaired) electrons. The van der Waals surface area contributed by atoms with E-state index in [0.717, 1.165) is 0 Å². The van der Waals surface area contributed by atoms with Crippen molar-refractivity contribution in [1.82, 2.24) is 0 Å².